The van der Waals surface area contributed by atoms with E-state index in [1.807, 2.05) is 0 Å². The second-order valence-corrected chi connectivity index (χ2v) is 4.88. The fourth-order valence-corrected chi connectivity index (χ4v) is 2.61. The predicted octanol–water partition coefficient (Wildman–Crippen LogP) is 2.83. The number of rotatable bonds is 4. The minimum absolute atomic E-state index is 0.653. The van der Waals surface area contributed by atoms with E-state index in [2.05, 4.69) is 48.3 Å². The Kier molecular flexibility index (Phi) is 4.43. The van der Waals surface area contributed by atoms with Crippen LogP contribution in [0.3, 0.4) is 0 Å². The minimum Gasteiger partial charge on any atom is -0.366 e. The molecular formula is C15H24N2. The molecule has 0 radical (unpaired) electrons. The molecule has 0 spiro atoms. The first kappa shape index (κ1) is 12.4. The first-order chi connectivity index (χ1) is 8.35. The highest BCUT2D eigenvalue weighted by atomic mass is 15.2. The highest BCUT2D eigenvalue weighted by Gasteiger charge is 2.20. The number of nitrogens with zero attached hydrogens (tertiary/aromatic N) is 1. The molecule has 0 aromatic heterocycles. The summed E-state index contributed by atoms with van der Waals surface area (Å²) >= 11 is 0. The van der Waals surface area contributed by atoms with Crippen LogP contribution in [0.1, 0.15) is 32.3 Å². The lowest BCUT2D eigenvalue weighted by atomic mass is 10.1. The molecule has 1 unspecified atom stereocenters. The van der Waals surface area contributed by atoms with Crippen molar-refractivity contribution in [3.63, 3.8) is 0 Å². The SMILES string of the molecule is CCCc1ccc(N2CCNCC2CC)cc1. The van der Waals surface area contributed by atoms with E-state index in [-0.39, 0.29) is 0 Å². The van der Waals surface area contributed by atoms with Gasteiger partial charge in [0.05, 0.1) is 0 Å². The van der Waals surface area contributed by atoms with Crippen molar-refractivity contribution in [1.82, 2.24) is 5.32 Å². The summed E-state index contributed by atoms with van der Waals surface area (Å²) in [6, 6.07) is 9.81. The number of hydrogen-bond donors (Lipinski definition) is 1. The Morgan fingerprint density at radius 3 is 2.65 bits per heavy atom. The van der Waals surface area contributed by atoms with Crippen LogP contribution in [-0.4, -0.2) is 25.7 Å². The summed E-state index contributed by atoms with van der Waals surface area (Å²) in [6.07, 6.45) is 3.63. The molecule has 1 N–H and O–H groups in total. The number of piperazine rings is 1. The molecule has 1 atom stereocenters. The zero-order chi connectivity index (χ0) is 12.1. The summed E-state index contributed by atoms with van der Waals surface area (Å²) in [5.41, 5.74) is 2.85. The van der Waals surface area contributed by atoms with Crippen LogP contribution < -0.4 is 10.2 Å². The van der Waals surface area contributed by atoms with Gasteiger partial charge in [-0.25, -0.2) is 0 Å². The van der Waals surface area contributed by atoms with E-state index >= 15 is 0 Å². The second kappa shape index (κ2) is 6.06. The van der Waals surface area contributed by atoms with Crippen molar-refractivity contribution in [2.75, 3.05) is 24.5 Å². The van der Waals surface area contributed by atoms with E-state index in [4.69, 9.17) is 0 Å². The van der Waals surface area contributed by atoms with Crippen molar-refractivity contribution in [2.45, 2.75) is 39.2 Å². The van der Waals surface area contributed by atoms with E-state index in [1.54, 1.807) is 0 Å². The smallest absolute Gasteiger partial charge is 0.0412 e. The Morgan fingerprint density at radius 1 is 1.24 bits per heavy atom. The molecule has 0 amide bonds. The van der Waals surface area contributed by atoms with Crippen LogP contribution in [0.4, 0.5) is 5.69 Å². The van der Waals surface area contributed by atoms with Gasteiger partial charge in [-0.05, 0) is 30.5 Å². The lowest BCUT2D eigenvalue weighted by molar-refractivity contribution is 0.466. The van der Waals surface area contributed by atoms with E-state index in [1.165, 1.54) is 30.5 Å². The maximum absolute atomic E-state index is 3.48. The zero-order valence-corrected chi connectivity index (χ0v) is 11.1. The van der Waals surface area contributed by atoms with Gasteiger partial charge < -0.3 is 10.2 Å². The van der Waals surface area contributed by atoms with Crippen molar-refractivity contribution < 1.29 is 0 Å². The Balaban J connectivity index is 2.09. The van der Waals surface area contributed by atoms with Gasteiger partial charge in [0.2, 0.25) is 0 Å². The number of nitrogens with one attached hydrogen (secondary N) is 1. The zero-order valence-electron chi connectivity index (χ0n) is 11.1. The average Bonchev–Trinajstić information content (AvgIpc) is 2.40. The standard InChI is InChI=1S/C15H24N2/c1-3-5-13-6-8-15(9-7-13)17-11-10-16-12-14(17)4-2/h6-9,14,16H,3-5,10-12H2,1-2H3. The normalized spacial score (nSPS) is 20.6. The minimum atomic E-state index is 0.653. The molecule has 17 heavy (non-hydrogen) atoms. The van der Waals surface area contributed by atoms with Crippen molar-refractivity contribution in [1.29, 1.82) is 0 Å². The van der Waals surface area contributed by atoms with Crippen LogP contribution in [0.15, 0.2) is 24.3 Å². The summed E-state index contributed by atoms with van der Waals surface area (Å²) in [4.78, 5) is 2.55. The van der Waals surface area contributed by atoms with Crippen LogP contribution in [0.5, 0.6) is 0 Å². The quantitative estimate of drug-likeness (QED) is 0.858. The van der Waals surface area contributed by atoms with Gasteiger partial charge in [0, 0.05) is 31.4 Å². The van der Waals surface area contributed by atoms with Gasteiger partial charge in [-0.1, -0.05) is 32.4 Å². The molecule has 1 aliphatic rings. The summed E-state index contributed by atoms with van der Waals surface area (Å²) in [5, 5.41) is 3.48. The molecule has 94 valence electrons. The highest BCUT2D eigenvalue weighted by Crippen LogP contribution is 2.20. The van der Waals surface area contributed by atoms with Gasteiger partial charge >= 0.3 is 0 Å². The summed E-state index contributed by atoms with van der Waals surface area (Å²) in [6.45, 7) is 7.86. The lowest BCUT2D eigenvalue weighted by Gasteiger charge is -2.37. The number of hydrogen-bond acceptors (Lipinski definition) is 2. The Bertz CT molecular complexity index is 331. The summed E-state index contributed by atoms with van der Waals surface area (Å²) in [7, 11) is 0. The Labute approximate surface area is 105 Å². The fraction of sp³-hybridized carbons (Fsp3) is 0.600. The van der Waals surface area contributed by atoms with E-state index < -0.39 is 0 Å². The largest absolute Gasteiger partial charge is 0.366 e. The van der Waals surface area contributed by atoms with Gasteiger partial charge in [0.15, 0.2) is 0 Å². The lowest BCUT2D eigenvalue weighted by Crippen LogP contribution is -2.51. The molecule has 1 aromatic carbocycles. The van der Waals surface area contributed by atoms with Crippen LogP contribution in [0, 0.1) is 0 Å². The molecule has 2 heteroatoms. The fourth-order valence-electron chi connectivity index (χ4n) is 2.61. The maximum atomic E-state index is 3.48. The average molecular weight is 232 g/mol. The molecule has 0 bridgehead atoms. The summed E-state index contributed by atoms with van der Waals surface area (Å²) < 4.78 is 0. The maximum Gasteiger partial charge on any atom is 0.0412 e. The third kappa shape index (κ3) is 3.01. The van der Waals surface area contributed by atoms with Crippen molar-refractivity contribution in [3.8, 4) is 0 Å². The molecule has 2 nitrogen and oxygen atoms in total. The van der Waals surface area contributed by atoms with E-state index in [0.717, 1.165) is 19.6 Å². The number of anilines is 1. The van der Waals surface area contributed by atoms with Gasteiger partial charge in [-0.3, -0.25) is 0 Å². The van der Waals surface area contributed by atoms with E-state index in [0.29, 0.717) is 6.04 Å². The van der Waals surface area contributed by atoms with Gasteiger partial charge in [-0.2, -0.15) is 0 Å². The monoisotopic (exact) mass is 232 g/mol. The van der Waals surface area contributed by atoms with Crippen LogP contribution >= 0.6 is 0 Å². The van der Waals surface area contributed by atoms with Crippen molar-refractivity contribution in [3.05, 3.63) is 29.8 Å². The third-order valence-electron chi connectivity index (χ3n) is 3.63. The van der Waals surface area contributed by atoms with Crippen molar-refractivity contribution in [2.24, 2.45) is 0 Å². The summed E-state index contributed by atoms with van der Waals surface area (Å²) in [5.74, 6) is 0. The first-order valence-corrected chi connectivity index (χ1v) is 6.91. The molecule has 1 aliphatic heterocycles. The molecule has 1 aromatic rings. The second-order valence-electron chi connectivity index (χ2n) is 4.88. The molecule has 0 aliphatic carbocycles. The molecule has 1 heterocycles. The topological polar surface area (TPSA) is 15.3 Å². The van der Waals surface area contributed by atoms with Crippen molar-refractivity contribution >= 4 is 5.69 Å². The molecule has 0 saturated carbocycles. The van der Waals surface area contributed by atoms with Crippen LogP contribution in [0.2, 0.25) is 0 Å². The van der Waals surface area contributed by atoms with Crippen LogP contribution in [-0.2, 0) is 6.42 Å². The van der Waals surface area contributed by atoms with Crippen LogP contribution in [0.25, 0.3) is 0 Å². The van der Waals surface area contributed by atoms with Gasteiger partial charge in [0.1, 0.15) is 0 Å². The highest BCUT2D eigenvalue weighted by molar-refractivity contribution is 5.49. The molecule has 2 rings (SSSR count). The third-order valence-corrected chi connectivity index (χ3v) is 3.63. The number of aryl methyl sites for hydroxylation is 1. The molecule has 1 saturated heterocycles. The Morgan fingerprint density at radius 2 is 2.00 bits per heavy atom. The molecule has 1 fully saturated rings. The first-order valence-electron chi connectivity index (χ1n) is 6.91. The van der Waals surface area contributed by atoms with E-state index in [9.17, 15) is 0 Å². The molecular weight excluding hydrogens is 208 g/mol. The van der Waals surface area contributed by atoms with Gasteiger partial charge in [-0.15, -0.1) is 0 Å². The predicted molar refractivity (Wildman–Crippen MR) is 74.7 cm³/mol. The number of benzene rings is 1. The van der Waals surface area contributed by atoms with Gasteiger partial charge in [0.25, 0.3) is 0 Å². The Hall–Kier alpha value is -1.02.